The lowest BCUT2D eigenvalue weighted by molar-refractivity contribution is -0.120. The Hall–Kier alpha value is -3.23. The number of hydrogen-bond acceptors (Lipinski definition) is 7. The molecule has 1 fully saturated rings. The van der Waals surface area contributed by atoms with Crippen molar-refractivity contribution in [2.24, 2.45) is 5.92 Å². The van der Waals surface area contributed by atoms with Crippen LogP contribution in [-0.4, -0.2) is 49.8 Å². The summed E-state index contributed by atoms with van der Waals surface area (Å²) in [5.74, 6) is 1.56. The van der Waals surface area contributed by atoms with Crippen LogP contribution in [0, 0.1) is 5.92 Å². The minimum absolute atomic E-state index is 0.0268. The summed E-state index contributed by atoms with van der Waals surface area (Å²) in [6, 6.07) is 15.4. The number of hydrogen-bond donors (Lipinski definition) is 2. The fourth-order valence-electron chi connectivity index (χ4n) is 4.52. The second-order valence-electron chi connectivity index (χ2n) is 8.39. The maximum atomic E-state index is 13.1. The van der Waals surface area contributed by atoms with E-state index >= 15 is 0 Å². The summed E-state index contributed by atoms with van der Waals surface area (Å²) in [4.78, 5) is 25.8. The molecule has 3 aromatic rings. The first-order valence-corrected chi connectivity index (χ1v) is 12.3. The number of carbonyl (C=O) groups is 2. The molecule has 0 saturated carbocycles. The Morgan fingerprint density at radius 1 is 1.03 bits per heavy atom. The molecule has 0 aliphatic carbocycles. The summed E-state index contributed by atoms with van der Waals surface area (Å²) in [6.45, 7) is 2.81. The molecule has 7 nitrogen and oxygen atoms in total. The molecule has 2 aliphatic heterocycles. The number of piperidine rings is 1. The number of fused-ring (bicyclic) bond motifs is 2. The number of rotatable bonds is 6. The monoisotopic (exact) mass is 477 g/mol. The Morgan fingerprint density at radius 2 is 1.79 bits per heavy atom. The number of benzene rings is 3. The number of nitrogens with one attached hydrogen (secondary N) is 2. The molecule has 34 heavy (non-hydrogen) atoms. The standard InChI is InChI=1S/C26H27N3O4S/c1-27-22-7-6-21(20-4-2-3-18(16-30)25(20)22)28-26(31)17-9-11-29(12-10-17)34-19-5-8-23-24(15-19)33-14-13-32-23/h2-8,15-17,27H,9-14H2,1H3,(H,28,31). The lowest BCUT2D eigenvalue weighted by Crippen LogP contribution is -2.34. The van der Waals surface area contributed by atoms with Crippen LogP contribution in [0.2, 0.25) is 0 Å². The van der Waals surface area contributed by atoms with Crippen molar-refractivity contribution in [2.45, 2.75) is 17.7 Å². The lowest BCUT2D eigenvalue weighted by atomic mass is 9.96. The minimum Gasteiger partial charge on any atom is -0.486 e. The number of carbonyl (C=O) groups excluding carboxylic acids is 2. The van der Waals surface area contributed by atoms with Gasteiger partial charge in [0.25, 0.3) is 0 Å². The van der Waals surface area contributed by atoms with Gasteiger partial charge in [-0.25, -0.2) is 4.31 Å². The van der Waals surface area contributed by atoms with Crippen LogP contribution in [0.5, 0.6) is 11.5 Å². The van der Waals surface area contributed by atoms with Gasteiger partial charge in [-0.05, 0) is 55.1 Å². The van der Waals surface area contributed by atoms with E-state index in [-0.39, 0.29) is 11.8 Å². The molecule has 0 radical (unpaired) electrons. The smallest absolute Gasteiger partial charge is 0.227 e. The van der Waals surface area contributed by atoms with Crippen molar-refractivity contribution >= 4 is 46.3 Å². The Kier molecular flexibility index (Phi) is 6.60. The molecule has 0 spiro atoms. The average molecular weight is 478 g/mol. The van der Waals surface area contributed by atoms with Crippen molar-refractivity contribution < 1.29 is 19.1 Å². The van der Waals surface area contributed by atoms with Crippen molar-refractivity contribution in [3.8, 4) is 11.5 Å². The van der Waals surface area contributed by atoms with Gasteiger partial charge in [0.15, 0.2) is 17.8 Å². The summed E-state index contributed by atoms with van der Waals surface area (Å²) in [7, 11) is 1.82. The number of aldehydes is 1. The molecule has 176 valence electrons. The summed E-state index contributed by atoms with van der Waals surface area (Å²) >= 11 is 1.69. The Labute approximate surface area is 202 Å². The fraction of sp³-hybridized carbons (Fsp3) is 0.308. The summed E-state index contributed by atoms with van der Waals surface area (Å²) in [5, 5.41) is 7.93. The Balaban J connectivity index is 1.23. The van der Waals surface area contributed by atoms with Crippen LogP contribution >= 0.6 is 11.9 Å². The van der Waals surface area contributed by atoms with Crippen molar-refractivity contribution in [3.05, 3.63) is 54.1 Å². The molecule has 2 aliphatic rings. The van der Waals surface area contributed by atoms with Crippen LogP contribution in [0.4, 0.5) is 11.4 Å². The van der Waals surface area contributed by atoms with E-state index in [1.807, 2.05) is 49.5 Å². The molecule has 5 rings (SSSR count). The largest absolute Gasteiger partial charge is 0.486 e. The van der Waals surface area contributed by atoms with Gasteiger partial charge in [-0.1, -0.05) is 18.2 Å². The van der Waals surface area contributed by atoms with Gasteiger partial charge in [0.2, 0.25) is 5.91 Å². The quantitative estimate of drug-likeness (QED) is 0.389. The third-order valence-corrected chi connectivity index (χ3v) is 7.39. The summed E-state index contributed by atoms with van der Waals surface area (Å²) < 4.78 is 13.6. The van der Waals surface area contributed by atoms with Crippen molar-refractivity contribution in [2.75, 3.05) is 44.0 Å². The van der Waals surface area contributed by atoms with Gasteiger partial charge in [-0.15, -0.1) is 0 Å². The molecule has 0 unspecified atom stereocenters. The Morgan fingerprint density at radius 3 is 2.56 bits per heavy atom. The van der Waals surface area contributed by atoms with Gasteiger partial charge >= 0.3 is 0 Å². The molecule has 2 heterocycles. The number of ether oxygens (including phenoxy) is 2. The van der Waals surface area contributed by atoms with E-state index in [2.05, 4.69) is 14.9 Å². The first-order valence-electron chi connectivity index (χ1n) is 11.5. The molecule has 3 aromatic carbocycles. The highest BCUT2D eigenvalue weighted by Crippen LogP contribution is 2.37. The molecule has 8 heteroatoms. The number of anilines is 2. The Bertz CT molecular complexity index is 1220. The normalized spacial score (nSPS) is 16.3. The molecule has 0 atom stereocenters. The van der Waals surface area contributed by atoms with E-state index < -0.39 is 0 Å². The highest BCUT2D eigenvalue weighted by molar-refractivity contribution is 7.97. The first-order chi connectivity index (χ1) is 16.7. The van der Waals surface area contributed by atoms with Crippen LogP contribution in [0.1, 0.15) is 23.2 Å². The maximum Gasteiger partial charge on any atom is 0.227 e. The molecule has 1 saturated heterocycles. The first kappa shape index (κ1) is 22.6. The van der Waals surface area contributed by atoms with Gasteiger partial charge in [-0.3, -0.25) is 9.59 Å². The zero-order valence-electron chi connectivity index (χ0n) is 19.0. The number of amides is 1. The number of nitrogens with zero attached hydrogens (tertiary/aromatic N) is 1. The molecule has 0 aromatic heterocycles. The highest BCUT2D eigenvalue weighted by Gasteiger charge is 2.26. The average Bonchev–Trinajstić information content (AvgIpc) is 2.89. The van der Waals surface area contributed by atoms with Gasteiger partial charge in [0.1, 0.15) is 13.2 Å². The molecular formula is C26H27N3O4S. The van der Waals surface area contributed by atoms with Crippen LogP contribution in [0.15, 0.2) is 53.4 Å². The van der Waals surface area contributed by atoms with Gasteiger partial charge in [-0.2, -0.15) is 0 Å². The van der Waals surface area contributed by atoms with E-state index in [0.29, 0.717) is 18.8 Å². The SMILES string of the molecule is CNc1ccc(NC(=O)C2CCN(Sc3ccc4c(c3)OCCO4)CC2)c2cccc(C=O)c12. The fourth-order valence-corrected chi connectivity index (χ4v) is 5.50. The topological polar surface area (TPSA) is 79.9 Å². The molecule has 2 N–H and O–H groups in total. The maximum absolute atomic E-state index is 13.1. The van der Waals surface area contributed by atoms with Crippen molar-refractivity contribution in [1.29, 1.82) is 0 Å². The van der Waals surface area contributed by atoms with Gasteiger partial charge in [0, 0.05) is 58.7 Å². The third-order valence-electron chi connectivity index (χ3n) is 6.30. The molecular weight excluding hydrogens is 450 g/mol. The van der Waals surface area contributed by atoms with Gasteiger partial charge in [0.05, 0.1) is 0 Å². The third kappa shape index (κ3) is 4.56. The zero-order chi connectivity index (χ0) is 23.5. The van der Waals surface area contributed by atoms with E-state index in [9.17, 15) is 9.59 Å². The minimum atomic E-state index is -0.0506. The predicted molar refractivity (Wildman–Crippen MR) is 135 cm³/mol. The van der Waals surface area contributed by atoms with Crippen LogP contribution in [0.25, 0.3) is 10.8 Å². The van der Waals surface area contributed by atoms with E-state index in [4.69, 9.17) is 9.47 Å². The van der Waals surface area contributed by atoms with E-state index in [0.717, 1.165) is 70.8 Å². The van der Waals surface area contributed by atoms with E-state index in [1.165, 1.54) is 0 Å². The molecule has 1 amide bonds. The summed E-state index contributed by atoms with van der Waals surface area (Å²) in [5.41, 5.74) is 2.19. The predicted octanol–water partition coefficient (Wildman–Crippen LogP) is 4.82. The van der Waals surface area contributed by atoms with Crippen molar-refractivity contribution in [1.82, 2.24) is 4.31 Å². The van der Waals surface area contributed by atoms with Crippen molar-refractivity contribution in [3.63, 3.8) is 0 Å². The lowest BCUT2D eigenvalue weighted by Gasteiger charge is -2.30. The highest BCUT2D eigenvalue weighted by atomic mass is 32.2. The summed E-state index contributed by atoms with van der Waals surface area (Å²) in [6.07, 6.45) is 2.43. The second-order valence-corrected chi connectivity index (χ2v) is 9.56. The van der Waals surface area contributed by atoms with Crippen LogP contribution in [-0.2, 0) is 4.79 Å². The van der Waals surface area contributed by atoms with Gasteiger partial charge < -0.3 is 20.1 Å². The zero-order valence-corrected chi connectivity index (χ0v) is 19.8. The second kappa shape index (κ2) is 9.95. The van der Waals surface area contributed by atoms with E-state index in [1.54, 1.807) is 18.0 Å². The molecule has 0 bridgehead atoms. The van der Waals surface area contributed by atoms with Crippen LogP contribution in [0.3, 0.4) is 0 Å². The van der Waals surface area contributed by atoms with Crippen LogP contribution < -0.4 is 20.1 Å².